The van der Waals surface area contributed by atoms with Gasteiger partial charge in [0.25, 0.3) is 0 Å². The van der Waals surface area contributed by atoms with Crippen LogP contribution in [0.4, 0.5) is 11.4 Å². The third-order valence-electron chi connectivity index (χ3n) is 5.65. The summed E-state index contributed by atoms with van der Waals surface area (Å²) in [7, 11) is 0. The standard InChI is InChI=1S/C24H26N2O3/c1-14(2)20-12-21-18(13-29-23(21)9-15(20)3)11-24(28)25-19-5-6-22-17(10-19)7-8-26(22)16(4)27/h5-6,9-10,12-14H,7-8,11H2,1-4H3,(H,25,28). The lowest BCUT2D eigenvalue weighted by Gasteiger charge is -2.15. The minimum atomic E-state index is -0.0826. The Hall–Kier alpha value is -3.08. The summed E-state index contributed by atoms with van der Waals surface area (Å²) in [4.78, 5) is 26.1. The smallest absolute Gasteiger partial charge is 0.228 e. The fraction of sp³-hybridized carbons (Fsp3) is 0.333. The number of carbonyl (C=O) groups is 2. The number of aryl methyl sites for hydroxylation is 1. The highest BCUT2D eigenvalue weighted by Crippen LogP contribution is 2.31. The molecule has 0 spiro atoms. The van der Waals surface area contributed by atoms with Crippen LogP contribution in [0.3, 0.4) is 0 Å². The molecule has 5 heteroatoms. The number of rotatable bonds is 4. The second-order valence-electron chi connectivity index (χ2n) is 8.11. The molecular formula is C24H26N2O3. The highest BCUT2D eigenvalue weighted by molar-refractivity contribution is 5.97. The van der Waals surface area contributed by atoms with Crippen molar-refractivity contribution in [2.45, 2.75) is 46.5 Å². The van der Waals surface area contributed by atoms with E-state index in [1.54, 1.807) is 18.1 Å². The van der Waals surface area contributed by atoms with E-state index in [9.17, 15) is 9.59 Å². The van der Waals surface area contributed by atoms with Gasteiger partial charge in [-0.05, 0) is 66.3 Å². The monoisotopic (exact) mass is 390 g/mol. The van der Waals surface area contributed by atoms with Crippen LogP contribution in [0.5, 0.6) is 0 Å². The highest BCUT2D eigenvalue weighted by atomic mass is 16.3. The van der Waals surface area contributed by atoms with Crippen LogP contribution in [0.25, 0.3) is 11.0 Å². The minimum absolute atomic E-state index is 0.0448. The average Bonchev–Trinajstić information content (AvgIpc) is 3.24. The third-order valence-corrected chi connectivity index (χ3v) is 5.65. The Morgan fingerprint density at radius 2 is 2.00 bits per heavy atom. The molecule has 1 N–H and O–H groups in total. The van der Waals surface area contributed by atoms with E-state index in [1.165, 1.54) is 11.1 Å². The van der Waals surface area contributed by atoms with Crippen molar-refractivity contribution in [1.82, 2.24) is 0 Å². The average molecular weight is 390 g/mol. The molecule has 2 aromatic carbocycles. The summed E-state index contributed by atoms with van der Waals surface area (Å²) < 4.78 is 5.69. The summed E-state index contributed by atoms with van der Waals surface area (Å²) >= 11 is 0. The zero-order valence-corrected chi connectivity index (χ0v) is 17.3. The number of carbonyl (C=O) groups excluding carboxylic acids is 2. The van der Waals surface area contributed by atoms with Crippen molar-refractivity contribution < 1.29 is 14.0 Å². The van der Waals surface area contributed by atoms with Crippen LogP contribution < -0.4 is 10.2 Å². The van der Waals surface area contributed by atoms with Gasteiger partial charge in [0.2, 0.25) is 11.8 Å². The van der Waals surface area contributed by atoms with E-state index in [1.807, 2.05) is 24.3 Å². The summed E-state index contributed by atoms with van der Waals surface area (Å²) in [6.45, 7) is 8.70. The number of nitrogens with one attached hydrogen (secondary N) is 1. The van der Waals surface area contributed by atoms with Crippen LogP contribution >= 0.6 is 0 Å². The first-order valence-electron chi connectivity index (χ1n) is 10.0. The molecule has 2 heterocycles. The number of anilines is 2. The van der Waals surface area contributed by atoms with Crippen LogP contribution in [-0.2, 0) is 22.4 Å². The van der Waals surface area contributed by atoms with Gasteiger partial charge in [0.1, 0.15) is 5.58 Å². The van der Waals surface area contributed by atoms with Crippen molar-refractivity contribution in [2.24, 2.45) is 0 Å². The Balaban J connectivity index is 1.52. The summed E-state index contributed by atoms with van der Waals surface area (Å²) in [6, 6.07) is 9.92. The zero-order chi connectivity index (χ0) is 20.7. The first-order valence-corrected chi connectivity index (χ1v) is 10.0. The second-order valence-corrected chi connectivity index (χ2v) is 8.11. The molecule has 0 radical (unpaired) electrons. The number of nitrogens with zero attached hydrogens (tertiary/aromatic N) is 1. The van der Waals surface area contributed by atoms with E-state index in [-0.39, 0.29) is 18.2 Å². The highest BCUT2D eigenvalue weighted by Gasteiger charge is 2.22. The van der Waals surface area contributed by atoms with Crippen LogP contribution in [0, 0.1) is 6.92 Å². The quantitative estimate of drug-likeness (QED) is 0.685. The zero-order valence-electron chi connectivity index (χ0n) is 17.3. The third kappa shape index (κ3) is 3.65. The summed E-state index contributed by atoms with van der Waals surface area (Å²) in [5.41, 5.74) is 6.96. The van der Waals surface area contributed by atoms with Gasteiger partial charge in [0, 0.05) is 35.8 Å². The first-order chi connectivity index (χ1) is 13.8. The SMILES string of the molecule is CC(=O)N1CCc2cc(NC(=O)Cc3coc4cc(C)c(C(C)C)cc34)ccc21. The second kappa shape index (κ2) is 7.39. The van der Waals surface area contributed by atoms with Crippen LogP contribution in [-0.4, -0.2) is 18.4 Å². The lowest BCUT2D eigenvalue weighted by atomic mass is 9.95. The molecule has 4 rings (SSSR count). The van der Waals surface area contributed by atoms with E-state index in [0.717, 1.165) is 39.9 Å². The van der Waals surface area contributed by atoms with E-state index < -0.39 is 0 Å². The maximum atomic E-state index is 12.7. The number of furan rings is 1. The lowest BCUT2D eigenvalue weighted by molar-refractivity contribution is -0.117. The first kappa shape index (κ1) is 19.2. The van der Waals surface area contributed by atoms with Gasteiger partial charge in [-0.15, -0.1) is 0 Å². The van der Waals surface area contributed by atoms with Crippen LogP contribution in [0.2, 0.25) is 0 Å². The molecule has 0 saturated carbocycles. The minimum Gasteiger partial charge on any atom is -0.464 e. The van der Waals surface area contributed by atoms with Gasteiger partial charge >= 0.3 is 0 Å². The molecule has 5 nitrogen and oxygen atoms in total. The van der Waals surface area contributed by atoms with Crippen LogP contribution in [0.15, 0.2) is 41.0 Å². The molecule has 0 unspecified atom stereocenters. The largest absolute Gasteiger partial charge is 0.464 e. The summed E-state index contributed by atoms with van der Waals surface area (Å²) in [6.07, 6.45) is 2.74. The molecule has 29 heavy (non-hydrogen) atoms. The normalized spacial score (nSPS) is 13.2. The van der Waals surface area contributed by atoms with Gasteiger partial charge in [-0.1, -0.05) is 13.8 Å². The number of amides is 2. The number of fused-ring (bicyclic) bond motifs is 2. The Bertz CT molecular complexity index is 1110. The van der Waals surface area contributed by atoms with Crippen molar-refractivity contribution in [3.05, 3.63) is 58.8 Å². The predicted molar refractivity (Wildman–Crippen MR) is 116 cm³/mol. The molecule has 150 valence electrons. The Kier molecular flexibility index (Phi) is 4.91. The van der Waals surface area contributed by atoms with Crippen molar-refractivity contribution >= 4 is 34.2 Å². The fourth-order valence-electron chi connectivity index (χ4n) is 4.19. The number of hydrogen-bond acceptors (Lipinski definition) is 3. The van der Waals surface area contributed by atoms with Gasteiger partial charge in [-0.2, -0.15) is 0 Å². The number of hydrogen-bond donors (Lipinski definition) is 1. The lowest BCUT2D eigenvalue weighted by Crippen LogP contribution is -2.25. The molecule has 2 amide bonds. The molecule has 0 atom stereocenters. The van der Waals surface area contributed by atoms with Gasteiger partial charge in [0.15, 0.2) is 0 Å². The van der Waals surface area contributed by atoms with Gasteiger partial charge < -0.3 is 14.6 Å². The molecular weight excluding hydrogens is 364 g/mol. The molecule has 1 aromatic heterocycles. The maximum Gasteiger partial charge on any atom is 0.228 e. The predicted octanol–water partition coefficient (Wildman–Crippen LogP) is 4.95. The summed E-state index contributed by atoms with van der Waals surface area (Å²) in [5.74, 6) is 0.376. The maximum absolute atomic E-state index is 12.7. The Morgan fingerprint density at radius 1 is 1.21 bits per heavy atom. The fourth-order valence-corrected chi connectivity index (χ4v) is 4.19. The van der Waals surface area contributed by atoms with Gasteiger partial charge in [-0.25, -0.2) is 0 Å². The Morgan fingerprint density at radius 3 is 2.72 bits per heavy atom. The van der Waals surface area contributed by atoms with Gasteiger partial charge in [-0.3, -0.25) is 9.59 Å². The van der Waals surface area contributed by atoms with Crippen molar-refractivity contribution in [1.29, 1.82) is 0 Å². The van der Waals surface area contributed by atoms with E-state index >= 15 is 0 Å². The van der Waals surface area contributed by atoms with E-state index in [4.69, 9.17) is 4.42 Å². The Labute approximate surface area is 170 Å². The van der Waals surface area contributed by atoms with Crippen molar-refractivity contribution in [3.8, 4) is 0 Å². The molecule has 0 fully saturated rings. The van der Waals surface area contributed by atoms with Crippen molar-refractivity contribution in [3.63, 3.8) is 0 Å². The van der Waals surface area contributed by atoms with Crippen LogP contribution in [0.1, 0.15) is 48.9 Å². The summed E-state index contributed by atoms with van der Waals surface area (Å²) in [5, 5.41) is 3.98. The van der Waals surface area contributed by atoms with E-state index in [2.05, 4.69) is 32.2 Å². The molecule has 0 saturated heterocycles. The molecule has 1 aliphatic rings. The molecule has 1 aliphatic heterocycles. The molecule has 0 bridgehead atoms. The molecule has 3 aromatic rings. The number of benzene rings is 2. The topological polar surface area (TPSA) is 62.6 Å². The van der Waals surface area contributed by atoms with E-state index in [0.29, 0.717) is 12.5 Å². The molecule has 0 aliphatic carbocycles. The van der Waals surface area contributed by atoms with Crippen molar-refractivity contribution in [2.75, 3.05) is 16.8 Å². The van der Waals surface area contributed by atoms with Gasteiger partial charge in [0.05, 0.1) is 12.7 Å².